The second-order valence-corrected chi connectivity index (χ2v) is 8.14. The highest BCUT2D eigenvalue weighted by Crippen LogP contribution is 2.45. The molecular formula is C21H27NO. The summed E-state index contributed by atoms with van der Waals surface area (Å²) >= 11 is 0. The SMILES string of the molecule is CCC(C)(C)c1ccc2c(c1)Oc1cc(C(C)(C)C)ccc1N2. The Hall–Kier alpha value is -1.96. The van der Waals surface area contributed by atoms with Gasteiger partial charge in [0.2, 0.25) is 0 Å². The van der Waals surface area contributed by atoms with Crippen LogP contribution in [0.4, 0.5) is 11.4 Å². The fraction of sp³-hybridized carbons (Fsp3) is 0.429. The monoisotopic (exact) mass is 309 g/mol. The first-order chi connectivity index (χ1) is 10.7. The molecule has 0 unspecified atom stereocenters. The number of ether oxygens (including phenoxy) is 1. The van der Waals surface area contributed by atoms with Crippen molar-refractivity contribution in [2.45, 2.75) is 58.8 Å². The Morgan fingerprint density at radius 3 is 1.87 bits per heavy atom. The standard InChI is InChI=1S/C21H27NO/c1-7-21(5,6)15-9-11-17-19(13-15)23-18-12-14(20(2,3)4)8-10-16(18)22-17/h8-13,22H,7H2,1-6H3. The Kier molecular flexibility index (Phi) is 3.66. The lowest BCUT2D eigenvalue weighted by Crippen LogP contribution is -2.16. The fourth-order valence-electron chi connectivity index (χ4n) is 2.78. The smallest absolute Gasteiger partial charge is 0.151 e. The summed E-state index contributed by atoms with van der Waals surface area (Å²) in [6.45, 7) is 13.4. The molecule has 1 N–H and O–H groups in total. The summed E-state index contributed by atoms with van der Waals surface area (Å²) in [5.41, 5.74) is 4.95. The molecule has 1 heterocycles. The Balaban J connectivity index is 1.99. The molecule has 0 fully saturated rings. The van der Waals surface area contributed by atoms with E-state index >= 15 is 0 Å². The first kappa shape index (κ1) is 15.9. The summed E-state index contributed by atoms with van der Waals surface area (Å²) in [5, 5.41) is 3.49. The molecule has 0 saturated carbocycles. The average molecular weight is 309 g/mol. The number of hydrogen-bond acceptors (Lipinski definition) is 2. The number of anilines is 2. The molecule has 0 atom stereocenters. The summed E-state index contributed by atoms with van der Waals surface area (Å²) < 4.78 is 6.23. The number of rotatable bonds is 2. The van der Waals surface area contributed by atoms with Crippen LogP contribution in [0.2, 0.25) is 0 Å². The molecule has 0 aliphatic carbocycles. The van der Waals surface area contributed by atoms with E-state index in [-0.39, 0.29) is 10.8 Å². The molecule has 0 saturated heterocycles. The zero-order chi connectivity index (χ0) is 16.8. The second-order valence-electron chi connectivity index (χ2n) is 8.14. The maximum absolute atomic E-state index is 6.23. The van der Waals surface area contributed by atoms with Crippen molar-refractivity contribution in [3.63, 3.8) is 0 Å². The van der Waals surface area contributed by atoms with Crippen molar-refractivity contribution in [1.82, 2.24) is 0 Å². The number of hydrogen-bond donors (Lipinski definition) is 1. The predicted molar refractivity (Wildman–Crippen MR) is 98.3 cm³/mol. The maximum atomic E-state index is 6.23. The number of benzene rings is 2. The van der Waals surface area contributed by atoms with Gasteiger partial charge in [-0.1, -0.05) is 53.7 Å². The summed E-state index contributed by atoms with van der Waals surface area (Å²) in [7, 11) is 0. The van der Waals surface area contributed by atoms with Gasteiger partial charge in [-0.05, 0) is 52.6 Å². The number of fused-ring (bicyclic) bond motifs is 2. The highest BCUT2D eigenvalue weighted by atomic mass is 16.5. The first-order valence-corrected chi connectivity index (χ1v) is 8.44. The van der Waals surface area contributed by atoms with E-state index in [2.05, 4.69) is 83.3 Å². The molecule has 0 amide bonds. The summed E-state index contributed by atoms with van der Waals surface area (Å²) in [5.74, 6) is 1.83. The lowest BCUT2D eigenvalue weighted by molar-refractivity contribution is 0.467. The molecule has 2 aromatic rings. The molecular weight excluding hydrogens is 282 g/mol. The zero-order valence-electron chi connectivity index (χ0n) is 15.1. The van der Waals surface area contributed by atoms with Gasteiger partial charge in [0.1, 0.15) is 0 Å². The van der Waals surface area contributed by atoms with E-state index in [1.165, 1.54) is 11.1 Å². The van der Waals surface area contributed by atoms with Gasteiger partial charge < -0.3 is 10.1 Å². The molecule has 23 heavy (non-hydrogen) atoms. The van der Waals surface area contributed by atoms with Gasteiger partial charge in [0.15, 0.2) is 11.5 Å². The third-order valence-corrected chi connectivity index (χ3v) is 4.98. The highest BCUT2D eigenvalue weighted by molar-refractivity contribution is 5.76. The van der Waals surface area contributed by atoms with Crippen molar-refractivity contribution in [2.75, 3.05) is 5.32 Å². The summed E-state index contributed by atoms with van der Waals surface area (Å²) in [6.07, 6.45) is 1.10. The Morgan fingerprint density at radius 2 is 1.35 bits per heavy atom. The molecule has 122 valence electrons. The van der Waals surface area contributed by atoms with E-state index in [0.717, 1.165) is 29.3 Å². The van der Waals surface area contributed by atoms with Gasteiger partial charge in [0, 0.05) is 0 Å². The van der Waals surface area contributed by atoms with Crippen molar-refractivity contribution < 1.29 is 4.74 Å². The molecule has 2 nitrogen and oxygen atoms in total. The van der Waals surface area contributed by atoms with Gasteiger partial charge in [-0.15, -0.1) is 0 Å². The Bertz CT molecular complexity index is 738. The lowest BCUT2D eigenvalue weighted by atomic mass is 9.82. The normalized spacial score (nSPS) is 13.7. The molecule has 0 spiro atoms. The van der Waals surface area contributed by atoms with Crippen LogP contribution in [0.3, 0.4) is 0 Å². The van der Waals surface area contributed by atoms with Gasteiger partial charge >= 0.3 is 0 Å². The summed E-state index contributed by atoms with van der Waals surface area (Å²) in [4.78, 5) is 0. The zero-order valence-corrected chi connectivity index (χ0v) is 15.1. The third kappa shape index (κ3) is 2.95. The van der Waals surface area contributed by atoms with Crippen LogP contribution >= 0.6 is 0 Å². The van der Waals surface area contributed by atoms with Gasteiger partial charge in [-0.25, -0.2) is 0 Å². The van der Waals surface area contributed by atoms with Crippen LogP contribution in [-0.2, 0) is 10.8 Å². The van der Waals surface area contributed by atoms with Crippen LogP contribution in [0.25, 0.3) is 0 Å². The van der Waals surface area contributed by atoms with E-state index in [4.69, 9.17) is 4.74 Å². The molecule has 0 aromatic heterocycles. The Morgan fingerprint density at radius 1 is 0.826 bits per heavy atom. The van der Waals surface area contributed by atoms with Gasteiger partial charge in [0.05, 0.1) is 11.4 Å². The topological polar surface area (TPSA) is 21.3 Å². The van der Waals surface area contributed by atoms with Crippen LogP contribution in [0, 0.1) is 0 Å². The van der Waals surface area contributed by atoms with Crippen molar-refractivity contribution in [2.24, 2.45) is 0 Å². The van der Waals surface area contributed by atoms with E-state index in [0.29, 0.717) is 0 Å². The average Bonchev–Trinajstić information content (AvgIpc) is 2.50. The second kappa shape index (κ2) is 5.30. The molecule has 0 radical (unpaired) electrons. The van der Waals surface area contributed by atoms with Crippen molar-refractivity contribution in [3.05, 3.63) is 47.5 Å². The first-order valence-electron chi connectivity index (χ1n) is 8.44. The molecule has 2 aromatic carbocycles. The Labute approximate surface area is 139 Å². The fourth-order valence-corrected chi connectivity index (χ4v) is 2.78. The predicted octanol–water partition coefficient (Wildman–Crippen LogP) is 6.52. The quantitative estimate of drug-likeness (QED) is 0.581. The van der Waals surface area contributed by atoms with E-state index in [9.17, 15) is 0 Å². The minimum Gasteiger partial charge on any atom is -0.453 e. The molecule has 1 aliphatic rings. The number of nitrogens with one attached hydrogen (secondary N) is 1. The largest absolute Gasteiger partial charge is 0.453 e. The van der Waals surface area contributed by atoms with Gasteiger partial charge in [0.25, 0.3) is 0 Å². The van der Waals surface area contributed by atoms with Crippen molar-refractivity contribution in [1.29, 1.82) is 0 Å². The van der Waals surface area contributed by atoms with E-state index in [1.54, 1.807) is 0 Å². The highest BCUT2D eigenvalue weighted by Gasteiger charge is 2.24. The molecule has 3 rings (SSSR count). The van der Waals surface area contributed by atoms with Crippen LogP contribution in [0.5, 0.6) is 11.5 Å². The van der Waals surface area contributed by atoms with Gasteiger partial charge in [-0.2, -0.15) is 0 Å². The molecule has 0 bridgehead atoms. The van der Waals surface area contributed by atoms with E-state index in [1.807, 2.05) is 0 Å². The van der Waals surface area contributed by atoms with Crippen LogP contribution in [-0.4, -0.2) is 0 Å². The van der Waals surface area contributed by atoms with E-state index < -0.39 is 0 Å². The lowest BCUT2D eigenvalue weighted by Gasteiger charge is -2.28. The van der Waals surface area contributed by atoms with Crippen LogP contribution in [0.1, 0.15) is 59.1 Å². The maximum Gasteiger partial charge on any atom is 0.151 e. The minimum absolute atomic E-state index is 0.116. The van der Waals surface area contributed by atoms with Crippen LogP contribution < -0.4 is 10.1 Å². The van der Waals surface area contributed by atoms with Gasteiger partial charge in [-0.3, -0.25) is 0 Å². The third-order valence-electron chi connectivity index (χ3n) is 4.98. The summed E-state index contributed by atoms with van der Waals surface area (Å²) in [6, 6.07) is 13.0. The van der Waals surface area contributed by atoms with Crippen LogP contribution in [0.15, 0.2) is 36.4 Å². The van der Waals surface area contributed by atoms with Crippen molar-refractivity contribution in [3.8, 4) is 11.5 Å². The minimum atomic E-state index is 0.116. The van der Waals surface area contributed by atoms with Crippen molar-refractivity contribution >= 4 is 11.4 Å². The molecule has 1 aliphatic heterocycles. The molecule has 2 heteroatoms.